The first-order valence-corrected chi connectivity index (χ1v) is 10.3. The van der Waals surface area contributed by atoms with Crippen molar-refractivity contribution < 1.29 is 19.0 Å². The number of benzene rings is 3. The predicted molar refractivity (Wildman–Crippen MR) is 121 cm³/mol. The van der Waals surface area contributed by atoms with E-state index in [1.165, 1.54) is 0 Å². The molecule has 0 unspecified atom stereocenters. The number of carbonyl (C=O) groups is 1. The van der Waals surface area contributed by atoms with Gasteiger partial charge in [0.1, 0.15) is 5.75 Å². The molecule has 3 rings (SSSR count). The van der Waals surface area contributed by atoms with E-state index >= 15 is 0 Å². The number of methoxy groups -OCH3 is 3. The summed E-state index contributed by atoms with van der Waals surface area (Å²) in [7, 11) is 4.80. The highest BCUT2D eigenvalue weighted by Crippen LogP contribution is 2.43. The van der Waals surface area contributed by atoms with Gasteiger partial charge in [0.15, 0.2) is 17.3 Å². The third-order valence-electron chi connectivity index (χ3n) is 4.75. The second kappa shape index (κ2) is 10.1. The summed E-state index contributed by atoms with van der Waals surface area (Å²) in [5.41, 5.74) is 8.45. The smallest absolute Gasteiger partial charge is 0.164 e. The van der Waals surface area contributed by atoms with E-state index in [2.05, 4.69) is 0 Å². The van der Waals surface area contributed by atoms with Crippen molar-refractivity contribution >= 4 is 23.2 Å². The fourth-order valence-electron chi connectivity index (χ4n) is 3.08. The van der Waals surface area contributed by atoms with Crippen LogP contribution in [0.4, 0.5) is 5.69 Å². The number of ether oxygens (including phenoxy) is 3. The number of hydrogen-bond acceptors (Lipinski definition) is 6. The number of hydrogen-bond donors (Lipinski definition) is 1. The molecule has 3 aromatic carbocycles. The van der Waals surface area contributed by atoms with E-state index in [1.807, 2.05) is 42.5 Å². The maximum Gasteiger partial charge on any atom is 0.164 e. The molecule has 1 atom stereocenters. The van der Waals surface area contributed by atoms with Gasteiger partial charge >= 0.3 is 0 Å². The Hall–Kier alpha value is -3.12. The summed E-state index contributed by atoms with van der Waals surface area (Å²) in [6.45, 7) is 0. The third kappa shape index (κ3) is 5.07. The molecule has 0 heterocycles. The molecular formula is C24H25NO4S. The number of anilines is 1. The Morgan fingerprint density at radius 1 is 0.900 bits per heavy atom. The van der Waals surface area contributed by atoms with Crippen molar-refractivity contribution in [3.05, 3.63) is 77.9 Å². The molecule has 0 saturated carbocycles. The molecule has 156 valence electrons. The number of ketones is 1. The number of para-hydroxylation sites is 1. The summed E-state index contributed by atoms with van der Waals surface area (Å²) in [6, 6.07) is 20.5. The zero-order valence-electron chi connectivity index (χ0n) is 17.3. The van der Waals surface area contributed by atoms with E-state index in [0.29, 0.717) is 29.2 Å². The van der Waals surface area contributed by atoms with Gasteiger partial charge in [0.05, 0.1) is 21.3 Å². The van der Waals surface area contributed by atoms with E-state index in [0.717, 1.165) is 16.2 Å². The van der Waals surface area contributed by atoms with Gasteiger partial charge in [-0.25, -0.2) is 0 Å². The maximum absolute atomic E-state index is 13.0. The zero-order valence-corrected chi connectivity index (χ0v) is 18.1. The van der Waals surface area contributed by atoms with E-state index in [-0.39, 0.29) is 11.0 Å². The van der Waals surface area contributed by atoms with Crippen molar-refractivity contribution in [3.8, 4) is 17.2 Å². The van der Waals surface area contributed by atoms with Gasteiger partial charge < -0.3 is 19.9 Å². The maximum atomic E-state index is 13.0. The average Bonchev–Trinajstić information content (AvgIpc) is 2.79. The van der Waals surface area contributed by atoms with Gasteiger partial charge in [0, 0.05) is 27.8 Å². The van der Waals surface area contributed by atoms with Crippen LogP contribution in [0.15, 0.2) is 71.6 Å². The van der Waals surface area contributed by atoms with Gasteiger partial charge in [-0.3, -0.25) is 4.79 Å². The number of nitrogen functional groups attached to an aromatic ring is 1. The van der Waals surface area contributed by atoms with Crippen LogP contribution in [-0.4, -0.2) is 27.1 Å². The van der Waals surface area contributed by atoms with Crippen LogP contribution in [0.3, 0.4) is 0 Å². The molecule has 5 nitrogen and oxygen atoms in total. The zero-order chi connectivity index (χ0) is 21.5. The molecule has 0 aliphatic rings. The first-order chi connectivity index (χ1) is 14.5. The quantitative estimate of drug-likeness (QED) is 0.282. The molecule has 0 aliphatic carbocycles. The Kier molecular flexibility index (Phi) is 7.25. The molecule has 2 N–H and O–H groups in total. The molecule has 0 amide bonds. The van der Waals surface area contributed by atoms with Crippen molar-refractivity contribution in [2.45, 2.75) is 16.6 Å². The standard InChI is InChI=1S/C24H25NO4S/c1-27-18-11-8-16(9-12-18)20(26)15-24(30-23-7-5-4-6-19(23)25)17-10-13-21(28-2)22(14-17)29-3/h4-14,24H,15,25H2,1-3H3/t24-/m0/s1. The van der Waals surface area contributed by atoms with Gasteiger partial charge in [-0.2, -0.15) is 0 Å². The van der Waals surface area contributed by atoms with Crippen LogP contribution in [0.2, 0.25) is 0 Å². The molecular weight excluding hydrogens is 398 g/mol. The lowest BCUT2D eigenvalue weighted by Crippen LogP contribution is -2.06. The molecule has 0 spiro atoms. The molecule has 30 heavy (non-hydrogen) atoms. The Labute approximate surface area is 181 Å². The number of Topliss-reactive ketones (excluding diaryl/α,β-unsaturated/α-hetero) is 1. The fourth-order valence-corrected chi connectivity index (χ4v) is 4.27. The van der Waals surface area contributed by atoms with Crippen LogP contribution in [-0.2, 0) is 0 Å². The SMILES string of the molecule is COc1ccc(C(=O)C[C@H](Sc2ccccc2N)c2ccc(OC)c(OC)c2)cc1. The first kappa shape index (κ1) is 21.6. The lowest BCUT2D eigenvalue weighted by atomic mass is 10.0. The van der Waals surface area contributed by atoms with Crippen LogP contribution in [0.5, 0.6) is 17.2 Å². The lowest BCUT2D eigenvalue weighted by molar-refractivity contribution is 0.0982. The van der Waals surface area contributed by atoms with Gasteiger partial charge in [-0.05, 0) is 54.1 Å². The van der Waals surface area contributed by atoms with Gasteiger partial charge in [-0.15, -0.1) is 11.8 Å². The summed E-state index contributed by atoms with van der Waals surface area (Å²) in [6.07, 6.45) is 0.306. The molecule has 0 radical (unpaired) electrons. The predicted octanol–water partition coefficient (Wildman–Crippen LogP) is 5.40. The summed E-state index contributed by atoms with van der Waals surface area (Å²) >= 11 is 1.56. The van der Waals surface area contributed by atoms with Crippen molar-refractivity contribution in [1.82, 2.24) is 0 Å². The monoisotopic (exact) mass is 423 g/mol. The minimum Gasteiger partial charge on any atom is -0.497 e. The van der Waals surface area contributed by atoms with Crippen molar-refractivity contribution in [1.29, 1.82) is 0 Å². The topological polar surface area (TPSA) is 70.8 Å². The number of carbonyl (C=O) groups excluding carboxylic acids is 1. The second-order valence-corrected chi connectivity index (χ2v) is 7.86. The minimum absolute atomic E-state index is 0.0411. The van der Waals surface area contributed by atoms with Crippen molar-refractivity contribution in [3.63, 3.8) is 0 Å². The Bertz CT molecular complexity index is 1000. The van der Waals surface area contributed by atoms with Crippen LogP contribution < -0.4 is 19.9 Å². The Morgan fingerprint density at radius 3 is 2.23 bits per heavy atom. The van der Waals surface area contributed by atoms with E-state index < -0.39 is 0 Å². The second-order valence-electron chi connectivity index (χ2n) is 6.61. The van der Waals surface area contributed by atoms with Crippen LogP contribution in [0, 0.1) is 0 Å². The molecule has 0 bridgehead atoms. The van der Waals surface area contributed by atoms with Crippen LogP contribution >= 0.6 is 11.8 Å². The highest BCUT2D eigenvalue weighted by Gasteiger charge is 2.21. The summed E-state index contributed by atoms with van der Waals surface area (Å²) < 4.78 is 16.0. The summed E-state index contributed by atoms with van der Waals surface area (Å²) in [4.78, 5) is 14.0. The largest absolute Gasteiger partial charge is 0.497 e. The lowest BCUT2D eigenvalue weighted by Gasteiger charge is -2.19. The van der Waals surface area contributed by atoms with Gasteiger partial charge in [0.25, 0.3) is 0 Å². The molecule has 0 aromatic heterocycles. The van der Waals surface area contributed by atoms with Crippen LogP contribution in [0.25, 0.3) is 0 Å². The average molecular weight is 424 g/mol. The van der Waals surface area contributed by atoms with Crippen molar-refractivity contribution in [2.75, 3.05) is 27.1 Å². The summed E-state index contributed by atoms with van der Waals surface area (Å²) in [5.74, 6) is 2.03. The molecule has 6 heteroatoms. The van der Waals surface area contributed by atoms with E-state index in [4.69, 9.17) is 19.9 Å². The van der Waals surface area contributed by atoms with Crippen LogP contribution in [0.1, 0.15) is 27.6 Å². The number of rotatable bonds is 9. The minimum atomic E-state index is -0.149. The highest BCUT2D eigenvalue weighted by atomic mass is 32.2. The molecule has 0 fully saturated rings. The fraction of sp³-hybridized carbons (Fsp3) is 0.208. The van der Waals surface area contributed by atoms with Gasteiger partial charge in [-0.1, -0.05) is 18.2 Å². The number of nitrogens with two attached hydrogens (primary N) is 1. The van der Waals surface area contributed by atoms with E-state index in [9.17, 15) is 4.79 Å². The third-order valence-corrected chi connectivity index (χ3v) is 6.10. The summed E-state index contributed by atoms with van der Waals surface area (Å²) in [5, 5.41) is -0.149. The van der Waals surface area contributed by atoms with Crippen molar-refractivity contribution in [2.24, 2.45) is 0 Å². The molecule has 3 aromatic rings. The Morgan fingerprint density at radius 2 is 1.60 bits per heavy atom. The van der Waals surface area contributed by atoms with E-state index in [1.54, 1.807) is 57.4 Å². The Balaban J connectivity index is 1.92. The normalized spacial score (nSPS) is 11.6. The van der Waals surface area contributed by atoms with Gasteiger partial charge in [0.2, 0.25) is 0 Å². The molecule has 0 saturated heterocycles. The number of thioether (sulfide) groups is 1. The first-order valence-electron chi connectivity index (χ1n) is 9.46. The highest BCUT2D eigenvalue weighted by molar-refractivity contribution is 7.99. The molecule has 0 aliphatic heterocycles.